The lowest BCUT2D eigenvalue weighted by Gasteiger charge is -2.36. The highest BCUT2D eigenvalue weighted by molar-refractivity contribution is 6.30. The Balaban J connectivity index is 1.05. The summed E-state index contributed by atoms with van der Waals surface area (Å²) in [5, 5.41) is 9.54. The van der Waals surface area contributed by atoms with E-state index in [0.29, 0.717) is 49.9 Å². The molecule has 220 valence electrons. The maximum Gasteiger partial charge on any atom is 0.254 e. The van der Waals surface area contributed by atoms with E-state index in [9.17, 15) is 9.59 Å². The van der Waals surface area contributed by atoms with E-state index in [4.69, 9.17) is 16.3 Å². The lowest BCUT2D eigenvalue weighted by molar-refractivity contribution is -0.132. The van der Waals surface area contributed by atoms with Crippen LogP contribution in [0.15, 0.2) is 91.0 Å². The molecular weight excluding hydrogens is 562 g/mol. The van der Waals surface area contributed by atoms with Crippen molar-refractivity contribution in [3.8, 4) is 22.4 Å². The van der Waals surface area contributed by atoms with Crippen LogP contribution in [0.5, 0.6) is 0 Å². The molecule has 2 fully saturated rings. The molecule has 3 heterocycles. The highest BCUT2D eigenvalue weighted by atomic mass is 35.5. The summed E-state index contributed by atoms with van der Waals surface area (Å²) in [5.74, 6) is 0.527. The fourth-order valence-corrected chi connectivity index (χ4v) is 5.71. The Morgan fingerprint density at radius 3 is 2.16 bits per heavy atom. The van der Waals surface area contributed by atoms with Gasteiger partial charge in [0, 0.05) is 55.5 Å². The Kier molecular flexibility index (Phi) is 8.96. The average Bonchev–Trinajstić information content (AvgIpc) is 3.58. The SMILES string of the molecule is O=C(CN(C[C@@H]1CCCO1)C(=O)c1ccc(Cl)cc1)N1CCN(c2ccc(-c3ccc(-c4ccccc4)cc3)nn2)CC1. The number of piperazine rings is 1. The zero-order valence-electron chi connectivity index (χ0n) is 23.9. The van der Waals surface area contributed by atoms with Crippen LogP contribution in [-0.4, -0.2) is 83.8 Å². The predicted molar refractivity (Wildman–Crippen MR) is 168 cm³/mol. The van der Waals surface area contributed by atoms with Crippen molar-refractivity contribution in [2.45, 2.75) is 18.9 Å². The zero-order valence-corrected chi connectivity index (χ0v) is 24.7. The molecule has 0 aliphatic carbocycles. The molecule has 0 radical (unpaired) electrons. The topological polar surface area (TPSA) is 78.9 Å². The first kappa shape index (κ1) is 28.8. The normalized spacial score (nSPS) is 16.7. The predicted octanol–water partition coefficient (Wildman–Crippen LogP) is 5.43. The van der Waals surface area contributed by atoms with E-state index in [0.717, 1.165) is 35.5 Å². The molecule has 8 nitrogen and oxygen atoms in total. The molecule has 1 atom stereocenters. The van der Waals surface area contributed by atoms with Gasteiger partial charge in [0.05, 0.1) is 11.8 Å². The van der Waals surface area contributed by atoms with Gasteiger partial charge < -0.3 is 19.4 Å². The van der Waals surface area contributed by atoms with Crippen molar-refractivity contribution in [3.05, 3.63) is 102 Å². The molecule has 6 rings (SSSR count). The van der Waals surface area contributed by atoms with Crippen molar-refractivity contribution >= 4 is 29.2 Å². The lowest BCUT2D eigenvalue weighted by atomic mass is 10.0. The Labute approximate surface area is 256 Å². The molecule has 0 saturated carbocycles. The van der Waals surface area contributed by atoms with Crippen LogP contribution >= 0.6 is 11.6 Å². The van der Waals surface area contributed by atoms with Gasteiger partial charge in [-0.3, -0.25) is 9.59 Å². The molecule has 1 aromatic heterocycles. The molecule has 0 N–H and O–H groups in total. The highest BCUT2D eigenvalue weighted by Crippen LogP contribution is 2.25. The number of hydrogen-bond acceptors (Lipinski definition) is 6. The van der Waals surface area contributed by atoms with Crippen LogP contribution in [0.3, 0.4) is 0 Å². The van der Waals surface area contributed by atoms with Gasteiger partial charge in [0.15, 0.2) is 5.82 Å². The van der Waals surface area contributed by atoms with Crippen molar-refractivity contribution in [2.75, 3.05) is 50.8 Å². The van der Waals surface area contributed by atoms with Crippen LogP contribution in [0.25, 0.3) is 22.4 Å². The highest BCUT2D eigenvalue weighted by Gasteiger charge is 2.29. The molecule has 43 heavy (non-hydrogen) atoms. The summed E-state index contributed by atoms with van der Waals surface area (Å²) in [6.45, 7) is 3.47. The first-order valence-electron chi connectivity index (χ1n) is 14.7. The third-order valence-electron chi connectivity index (χ3n) is 8.05. The monoisotopic (exact) mass is 595 g/mol. The third kappa shape index (κ3) is 7.04. The number of nitrogens with zero attached hydrogens (tertiary/aromatic N) is 5. The first-order chi connectivity index (χ1) is 21.0. The summed E-state index contributed by atoms with van der Waals surface area (Å²) in [6.07, 6.45) is 1.80. The number of anilines is 1. The van der Waals surface area contributed by atoms with E-state index in [1.165, 1.54) is 5.56 Å². The summed E-state index contributed by atoms with van der Waals surface area (Å²) in [5.41, 5.74) is 4.67. The lowest BCUT2D eigenvalue weighted by Crippen LogP contribution is -2.52. The molecule has 2 aliphatic rings. The molecule has 2 saturated heterocycles. The number of carbonyl (C=O) groups excluding carboxylic acids is 2. The van der Waals surface area contributed by atoms with Crippen molar-refractivity contribution in [3.63, 3.8) is 0 Å². The van der Waals surface area contributed by atoms with Crippen LogP contribution < -0.4 is 4.90 Å². The van der Waals surface area contributed by atoms with Crippen molar-refractivity contribution in [1.82, 2.24) is 20.0 Å². The Bertz CT molecular complexity index is 1520. The molecule has 0 bridgehead atoms. The number of hydrogen-bond donors (Lipinski definition) is 0. The number of carbonyl (C=O) groups is 2. The molecule has 4 aromatic rings. The van der Waals surface area contributed by atoms with Crippen LogP contribution in [0.1, 0.15) is 23.2 Å². The van der Waals surface area contributed by atoms with E-state index in [1.54, 1.807) is 29.2 Å². The summed E-state index contributed by atoms with van der Waals surface area (Å²) >= 11 is 6.02. The first-order valence-corrected chi connectivity index (χ1v) is 15.1. The van der Waals surface area contributed by atoms with Gasteiger partial charge in [0.2, 0.25) is 5.91 Å². The van der Waals surface area contributed by atoms with Gasteiger partial charge in [-0.1, -0.05) is 66.2 Å². The quantitative estimate of drug-likeness (QED) is 0.270. The maximum absolute atomic E-state index is 13.4. The third-order valence-corrected chi connectivity index (χ3v) is 8.30. The fourth-order valence-electron chi connectivity index (χ4n) is 5.59. The maximum atomic E-state index is 13.4. The van der Waals surface area contributed by atoms with E-state index in [-0.39, 0.29) is 24.5 Å². The van der Waals surface area contributed by atoms with Gasteiger partial charge in [-0.05, 0) is 60.4 Å². The molecular formula is C34H34ClN5O3. The summed E-state index contributed by atoms with van der Waals surface area (Å²) in [7, 11) is 0. The Morgan fingerprint density at radius 1 is 0.814 bits per heavy atom. The number of benzene rings is 3. The number of aromatic nitrogens is 2. The second-order valence-electron chi connectivity index (χ2n) is 10.9. The second kappa shape index (κ2) is 13.4. The molecule has 9 heteroatoms. The Morgan fingerprint density at radius 2 is 1.51 bits per heavy atom. The molecule has 2 aliphatic heterocycles. The van der Waals surface area contributed by atoms with Crippen LogP contribution in [-0.2, 0) is 9.53 Å². The van der Waals surface area contributed by atoms with Gasteiger partial charge in [-0.2, -0.15) is 0 Å². The standard InChI is InChI=1S/C34H34ClN5O3/c35-29-14-12-28(13-15-29)34(42)40(23-30-7-4-22-43-30)24-33(41)39-20-18-38(19-21-39)32-17-16-31(36-37-32)27-10-8-26(9-11-27)25-5-2-1-3-6-25/h1-3,5-6,8-17,30H,4,7,18-24H2/t30-/m0/s1. The fraction of sp³-hybridized carbons (Fsp3) is 0.294. The molecule has 2 amide bonds. The van der Waals surface area contributed by atoms with E-state index < -0.39 is 0 Å². The van der Waals surface area contributed by atoms with Crippen molar-refractivity contribution in [2.24, 2.45) is 0 Å². The summed E-state index contributed by atoms with van der Waals surface area (Å²) < 4.78 is 5.78. The van der Waals surface area contributed by atoms with E-state index in [2.05, 4.69) is 51.5 Å². The van der Waals surface area contributed by atoms with Crippen LogP contribution in [0, 0.1) is 0 Å². The van der Waals surface area contributed by atoms with Gasteiger partial charge in [-0.25, -0.2) is 0 Å². The molecule has 3 aromatic carbocycles. The average molecular weight is 596 g/mol. The van der Waals surface area contributed by atoms with Crippen molar-refractivity contribution in [1.29, 1.82) is 0 Å². The van der Waals surface area contributed by atoms with Gasteiger partial charge in [-0.15, -0.1) is 10.2 Å². The second-order valence-corrected chi connectivity index (χ2v) is 11.4. The molecule has 0 unspecified atom stereocenters. The number of rotatable bonds is 8. The Hall–Kier alpha value is -4.27. The minimum Gasteiger partial charge on any atom is -0.376 e. The van der Waals surface area contributed by atoms with Gasteiger partial charge in [0.25, 0.3) is 5.91 Å². The minimum atomic E-state index is -0.191. The minimum absolute atomic E-state index is 0.0128. The number of ether oxygens (including phenoxy) is 1. The van der Waals surface area contributed by atoms with Gasteiger partial charge in [0.1, 0.15) is 6.54 Å². The van der Waals surface area contributed by atoms with E-state index in [1.807, 2.05) is 35.2 Å². The van der Waals surface area contributed by atoms with Crippen molar-refractivity contribution < 1.29 is 14.3 Å². The smallest absolute Gasteiger partial charge is 0.254 e. The zero-order chi connectivity index (χ0) is 29.6. The largest absolute Gasteiger partial charge is 0.376 e. The van der Waals surface area contributed by atoms with Gasteiger partial charge >= 0.3 is 0 Å². The van der Waals surface area contributed by atoms with Crippen LogP contribution in [0.2, 0.25) is 5.02 Å². The molecule has 0 spiro atoms. The van der Waals surface area contributed by atoms with E-state index >= 15 is 0 Å². The summed E-state index contributed by atoms with van der Waals surface area (Å²) in [6, 6.07) is 29.4. The summed E-state index contributed by atoms with van der Waals surface area (Å²) in [4.78, 5) is 32.3. The number of halogens is 1. The van der Waals surface area contributed by atoms with Crippen LogP contribution in [0.4, 0.5) is 5.82 Å². The number of amides is 2.